The van der Waals surface area contributed by atoms with Crippen LogP contribution in [-0.4, -0.2) is 14.9 Å². The average Bonchev–Trinajstić information content (AvgIpc) is 2.89. The maximum Gasteiger partial charge on any atom is 0.203 e. The lowest BCUT2D eigenvalue weighted by atomic mass is 9.75. The molecule has 0 amide bonds. The van der Waals surface area contributed by atoms with E-state index in [-0.39, 0.29) is 11.0 Å². The smallest absolute Gasteiger partial charge is 0.203 e. The molecule has 0 bridgehead atoms. The number of nitrogens with one attached hydrogen (secondary N) is 1. The lowest BCUT2D eigenvalue weighted by Gasteiger charge is -2.29. The first-order chi connectivity index (χ1) is 9.91. The van der Waals surface area contributed by atoms with Gasteiger partial charge < -0.3 is 5.32 Å². The minimum absolute atomic E-state index is 0.00460. The molecule has 4 heteroatoms. The second-order valence-electron chi connectivity index (χ2n) is 6.45. The standard InChI is InChI=1S/C17H25N3S/c1-6-17(7-2,13-11-9-8-10-12-13)14-18-15(21-20-14)19-16(3,4)5/h8-12H,6-7H2,1-5H3,(H,18,19,20). The van der Waals surface area contributed by atoms with Crippen LogP contribution in [0.2, 0.25) is 0 Å². The van der Waals surface area contributed by atoms with E-state index in [1.165, 1.54) is 17.1 Å². The van der Waals surface area contributed by atoms with Crippen LogP contribution >= 0.6 is 11.5 Å². The molecule has 114 valence electrons. The van der Waals surface area contributed by atoms with Crippen molar-refractivity contribution >= 4 is 16.7 Å². The molecular weight excluding hydrogens is 278 g/mol. The molecule has 0 aliphatic rings. The van der Waals surface area contributed by atoms with E-state index in [0.29, 0.717) is 0 Å². The highest BCUT2D eigenvalue weighted by Crippen LogP contribution is 2.38. The molecular formula is C17H25N3S. The highest BCUT2D eigenvalue weighted by molar-refractivity contribution is 7.09. The van der Waals surface area contributed by atoms with Crippen LogP contribution < -0.4 is 5.32 Å². The van der Waals surface area contributed by atoms with Crippen molar-refractivity contribution in [2.75, 3.05) is 5.32 Å². The molecule has 0 aliphatic carbocycles. The minimum Gasteiger partial charge on any atom is -0.356 e. The highest BCUT2D eigenvalue weighted by atomic mass is 32.1. The highest BCUT2D eigenvalue weighted by Gasteiger charge is 2.35. The third-order valence-electron chi connectivity index (χ3n) is 3.87. The van der Waals surface area contributed by atoms with Crippen LogP contribution in [0.4, 0.5) is 5.13 Å². The molecule has 0 unspecified atom stereocenters. The van der Waals surface area contributed by atoms with Crippen molar-refractivity contribution in [3.63, 3.8) is 0 Å². The van der Waals surface area contributed by atoms with E-state index in [4.69, 9.17) is 4.98 Å². The quantitative estimate of drug-likeness (QED) is 0.857. The summed E-state index contributed by atoms with van der Waals surface area (Å²) in [6.07, 6.45) is 2.00. The van der Waals surface area contributed by atoms with Crippen molar-refractivity contribution in [2.45, 2.75) is 58.4 Å². The molecule has 0 atom stereocenters. The summed E-state index contributed by atoms with van der Waals surface area (Å²) in [6, 6.07) is 10.6. The van der Waals surface area contributed by atoms with Crippen LogP contribution in [0.1, 0.15) is 58.8 Å². The SMILES string of the molecule is CCC(CC)(c1ccccc1)c1nsc(NC(C)(C)C)n1. The Morgan fingerprint density at radius 3 is 2.19 bits per heavy atom. The van der Waals surface area contributed by atoms with Gasteiger partial charge >= 0.3 is 0 Å². The van der Waals surface area contributed by atoms with Crippen LogP contribution in [-0.2, 0) is 5.41 Å². The number of nitrogens with zero attached hydrogens (tertiary/aromatic N) is 2. The zero-order valence-electron chi connectivity index (χ0n) is 13.6. The number of benzene rings is 1. The molecule has 21 heavy (non-hydrogen) atoms. The number of hydrogen-bond acceptors (Lipinski definition) is 4. The van der Waals surface area contributed by atoms with Crippen molar-refractivity contribution in [3.05, 3.63) is 41.7 Å². The van der Waals surface area contributed by atoms with Crippen LogP contribution in [0.15, 0.2) is 30.3 Å². The molecule has 1 aromatic heterocycles. The predicted octanol–water partition coefficient (Wildman–Crippen LogP) is 4.85. The maximum atomic E-state index is 4.78. The predicted molar refractivity (Wildman–Crippen MR) is 91.1 cm³/mol. The Balaban J connectivity index is 2.40. The summed E-state index contributed by atoms with van der Waals surface area (Å²) in [7, 11) is 0. The Kier molecular flexibility index (Phi) is 4.67. The van der Waals surface area contributed by atoms with Gasteiger partial charge in [-0.1, -0.05) is 44.2 Å². The lowest BCUT2D eigenvalue weighted by molar-refractivity contribution is 0.454. The lowest BCUT2D eigenvalue weighted by Crippen LogP contribution is -2.28. The normalized spacial score (nSPS) is 12.4. The zero-order valence-corrected chi connectivity index (χ0v) is 14.4. The largest absolute Gasteiger partial charge is 0.356 e. The van der Waals surface area contributed by atoms with Gasteiger partial charge in [0.15, 0.2) is 5.82 Å². The number of hydrogen-bond donors (Lipinski definition) is 1. The Bertz CT molecular complexity index is 565. The van der Waals surface area contributed by atoms with E-state index in [9.17, 15) is 0 Å². The Labute approximate surface area is 132 Å². The van der Waals surface area contributed by atoms with Gasteiger partial charge in [0.25, 0.3) is 0 Å². The summed E-state index contributed by atoms with van der Waals surface area (Å²) in [4.78, 5) is 4.78. The van der Waals surface area contributed by atoms with Gasteiger partial charge in [-0.05, 0) is 39.2 Å². The molecule has 1 aromatic carbocycles. The second kappa shape index (κ2) is 6.14. The molecule has 2 rings (SSSR count). The van der Waals surface area contributed by atoms with Crippen LogP contribution in [0, 0.1) is 0 Å². The van der Waals surface area contributed by atoms with Gasteiger partial charge in [0.1, 0.15) is 0 Å². The van der Waals surface area contributed by atoms with Crippen LogP contribution in [0.25, 0.3) is 0 Å². The Hall–Kier alpha value is -1.42. The first-order valence-electron chi connectivity index (χ1n) is 7.59. The second-order valence-corrected chi connectivity index (χ2v) is 7.21. The molecule has 1 N–H and O–H groups in total. The monoisotopic (exact) mass is 303 g/mol. The van der Waals surface area contributed by atoms with Crippen molar-refractivity contribution in [1.29, 1.82) is 0 Å². The third kappa shape index (κ3) is 3.43. The van der Waals surface area contributed by atoms with E-state index < -0.39 is 0 Å². The zero-order chi connectivity index (χ0) is 15.5. The molecule has 0 spiro atoms. The van der Waals surface area contributed by atoms with Gasteiger partial charge in [-0.25, -0.2) is 4.98 Å². The van der Waals surface area contributed by atoms with E-state index in [2.05, 4.69) is 74.6 Å². The number of anilines is 1. The summed E-state index contributed by atoms with van der Waals surface area (Å²) in [6.45, 7) is 10.8. The minimum atomic E-state index is -0.0877. The van der Waals surface area contributed by atoms with Crippen molar-refractivity contribution in [2.24, 2.45) is 0 Å². The summed E-state index contributed by atoms with van der Waals surface area (Å²) in [5.41, 5.74) is 1.22. The van der Waals surface area contributed by atoms with Gasteiger partial charge in [0.05, 0.1) is 5.41 Å². The van der Waals surface area contributed by atoms with Crippen molar-refractivity contribution in [1.82, 2.24) is 9.36 Å². The van der Waals surface area contributed by atoms with E-state index in [0.717, 1.165) is 23.8 Å². The molecule has 0 saturated carbocycles. The number of aromatic nitrogens is 2. The summed E-state index contributed by atoms with van der Waals surface area (Å²) in [5.74, 6) is 0.940. The van der Waals surface area contributed by atoms with Gasteiger partial charge in [-0.2, -0.15) is 4.37 Å². The molecule has 0 radical (unpaired) electrons. The fourth-order valence-electron chi connectivity index (χ4n) is 2.65. The fraction of sp³-hybridized carbons (Fsp3) is 0.529. The third-order valence-corrected chi connectivity index (χ3v) is 4.50. The molecule has 0 saturated heterocycles. The molecule has 1 heterocycles. The molecule has 0 fully saturated rings. The first-order valence-corrected chi connectivity index (χ1v) is 8.36. The van der Waals surface area contributed by atoms with E-state index >= 15 is 0 Å². The van der Waals surface area contributed by atoms with Gasteiger partial charge in [-0.15, -0.1) is 0 Å². The van der Waals surface area contributed by atoms with Gasteiger partial charge in [0.2, 0.25) is 5.13 Å². The van der Waals surface area contributed by atoms with Crippen LogP contribution in [0.5, 0.6) is 0 Å². The molecule has 2 aromatic rings. The van der Waals surface area contributed by atoms with Crippen LogP contribution in [0.3, 0.4) is 0 Å². The fourth-order valence-corrected chi connectivity index (χ4v) is 3.52. The molecule has 3 nitrogen and oxygen atoms in total. The van der Waals surface area contributed by atoms with E-state index in [1.54, 1.807) is 0 Å². The van der Waals surface area contributed by atoms with Crippen molar-refractivity contribution in [3.8, 4) is 0 Å². The molecule has 0 aliphatic heterocycles. The Morgan fingerprint density at radius 2 is 1.67 bits per heavy atom. The first kappa shape index (κ1) is 16.0. The topological polar surface area (TPSA) is 37.8 Å². The Morgan fingerprint density at radius 1 is 1.05 bits per heavy atom. The maximum absolute atomic E-state index is 4.78. The number of rotatable bonds is 5. The summed E-state index contributed by atoms with van der Waals surface area (Å²) < 4.78 is 4.66. The summed E-state index contributed by atoms with van der Waals surface area (Å²) in [5, 5.41) is 4.32. The average molecular weight is 303 g/mol. The van der Waals surface area contributed by atoms with Gasteiger partial charge in [-0.3, -0.25) is 0 Å². The van der Waals surface area contributed by atoms with E-state index in [1.807, 2.05) is 0 Å². The summed E-state index contributed by atoms with van der Waals surface area (Å²) >= 11 is 1.46. The van der Waals surface area contributed by atoms with Gasteiger partial charge in [0, 0.05) is 17.1 Å². The van der Waals surface area contributed by atoms with Crippen molar-refractivity contribution < 1.29 is 0 Å².